The van der Waals surface area contributed by atoms with E-state index in [1.54, 1.807) is 0 Å². The average Bonchev–Trinajstić information content (AvgIpc) is 3.25. The first-order valence-electron chi connectivity index (χ1n) is 12.6. The molecular formula is C28H33N3O3. The molecular weight excluding hydrogens is 426 g/mol. The molecule has 2 aromatic carbocycles. The third-order valence-corrected chi connectivity index (χ3v) is 8.40. The van der Waals surface area contributed by atoms with E-state index in [0.29, 0.717) is 38.0 Å². The molecule has 7 rings (SSSR count). The Kier molecular flexibility index (Phi) is 5.36. The molecule has 4 fully saturated rings. The van der Waals surface area contributed by atoms with Gasteiger partial charge >= 0.3 is 6.09 Å². The summed E-state index contributed by atoms with van der Waals surface area (Å²) in [4.78, 5) is 27.7. The van der Waals surface area contributed by atoms with Crippen LogP contribution in [0.4, 0.5) is 4.79 Å². The minimum atomic E-state index is -0.412. The van der Waals surface area contributed by atoms with E-state index >= 15 is 0 Å². The monoisotopic (exact) mass is 459 g/mol. The number of ether oxygens (including phenoxy) is 1. The molecule has 6 heteroatoms. The first-order chi connectivity index (χ1) is 16.5. The lowest BCUT2D eigenvalue weighted by atomic mass is 9.51. The number of nitrogens with one attached hydrogen (secondary N) is 2. The Hall–Kier alpha value is -2.86. The summed E-state index contributed by atoms with van der Waals surface area (Å²) < 4.78 is 6.16. The topological polar surface area (TPSA) is 70.7 Å². The van der Waals surface area contributed by atoms with Crippen molar-refractivity contribution in [3.05, 3.63) is 71.3 Å². The number of benzene rings is 2. The van der Waals surface area contributed by atoms with Crippen LogP contribution in [-0.2, 0) is 29.2 Å². The highest BCUT2D eigenvalue weighted by atomic mass is 16.6. The highest BCUT2D eigenvalue weighted by Gasteiger charge is 2.59. The van der Waals surface area contributed by atoms with Gasteiger partial charge in [0, 0.05) is 31.6 Å². The normalized spacial score (nSPS) is 30.8. The van der Waals surface area contributed by atoms with E-state index in [0.717, 1.165) is 37.7 Å². The van der Waals surface area contributed by atoms with Gasteiger partial charge in [-0.1, -0.05) is 54.6 Å². The van der Waals surface area contributed by atoms with Crippen molar-refractivity contribution in [2.24, 2.45) is 11.8 Å². The van der Waals surface area contributed by atoms with Gasteiger partial charge in [0.2, 0.25) is 5.91 Å². The van der Waals surface area contributed by atoms with E-state index in [4.69, 9.17) is 4.74 Å². The van der Waals surface area contributed by atoms with E-state index in [2.05, 4.69) is 22.8 Å². The van der Waals surface area contributed by atoms with Gasteiger partial charge in [-0.3, -0.25) is 4.79 Å². The molecule has 0 saturated heterocycles. The highest BCUT2D eigenvalue weighted by molar-refractivity contribution is 5.79. The fourth-order valence-corrected chi connectivity index (χ4v) is 7.39. The van der Waals surface area contributed by atoms with Crippen molar-refractivity contribution >= 4 is 12.0 Å². The zero-order chi connectivity index (χ0) is 23.2. The van der Waals surface area contributed by atoms with E-state index in [1.165, 1.54) is 17.5 Å². The Bertz CT molecular complexity index is 1050. The quantitative estimate of drug-likeness (QED) is 0.681. The fourth-order valence-electron chi connectivity index (χ4n) is 7.39. The van der Waals surface area contributed by atoms with Crippen LogP contribution in [0, 0.1) is 11.8 Å². The van der Waals surface area contributed by atoms with E-state index < -0.39 is 5.60 Å². The molecule has 4 saturated carbocycles. The second-order valence-corrected chi connectivity index (χ2v) is 11.0. The van der Waals surface area contributed by atoms with Crippen LogP contribution in [0.15, 0.2) is 54.6 Å². The summed E-state index contributed by atoms with van der Waals surface area (Å²) in [6.07, 6.45) is 5.74. The van der Waals surface area contributed by atoms with Crippen LogP contribution in [0.1, 0.15) is 55.2 Å². The number of amides is 2. The second kappa shape index (κ2) is 8.42. The van der Waals surface area contributed by atoms with Crippen molar-refractivity contribution in [2.75, 3.05) is 6.54 Å². The number of carbonyl (C=O) groups is 2. The molecule has 5 aliphatic rings. The molecule has 0 spiro atoms. The van der Waals surface area contributed by atoms with Gasteiger partial charge in [-0.2, -0.15) is 0 Å². The molecule has 6 nitrogen and oxygen atoms in total. The maximum absolute atomic E-state index is 13.1. The molecule has 0 aromatic heterocycles. The van der Waals surface area contributed by atoms with Crippen LogP contribution in [-0.4, -0.2) is 34.6 Å². The van der Waals surface area contributed by atoms with Crippen LogP contribution in [0.5, 0.6) is 0 Å². The van der Waals surface area contributed by atoms with Crippen LogP contribution in [0.2, 0.25) is 0 Å². The van der Waals surface area contributed by atoms with Crippen molar-refractivity contribution in [1.29, 1.82) is 0 Å². The van der Waals surface area contributed by atoms with Crippen molar-refractivity contribution in [3.63, 3.8) is 0 Å². The largest absolute Gasteiger partial charge is 0.443 e. The fraction of sp³-hybridized carbons (Fsp3) is 0.500. The smallest absolute Gasteiger partial charge is 0.407 e. The zero-order valence-corrected chi connectivity index (χ0v) is 19.6. The van der Waals surface area contributed by atoms with Gasteiger partial charge < -0.3 is 20.3 Å². The van der Waals surface area contributed by atoms with E-state index in [1.807, 2.05) is 47.4 Å². The number of alkyl carbamates (subject to hydrolysis) is 1. The third-order valence-electron chi connectivity index (χ3n) is 8.40. The standard InChI is InChI=1S/C28H33N3O3/c32-25(31-17-23-8-4-5-9-24(23)18-31)16-30-27-11-21-10-22(12-27)14-28(13-21,19-27)34-26(33)29-15-20-6-2-1-3-7-20/h1-9,21-22,30H,10-19H2,(H,29,33). The van der Waals surface area contributed by atoms with Crippen molar-refractivity contribution in [2.45, 2.75) is 69.3 Å². The number of hydrogen-bond donors (Lipinski definition) is 2. The Morgan fingerprint density at radius 1 is 0.912 bits per heavy atom. The summed E-state index contributed by atoms with van der Waals surface area (Å²) in [5.41, 5.74) is 3.04. The SMILES string of the molecule is O=C(NCc1ccccc1)OC12CC3CC(CC(NCC(=O)N4Cc5ccccc5C4)(C3)C1)C2. The zero-order valence-electron chi connectivity index (χ0n) is 19.6. The molecule has 1 aliphatic heterocycles. The van der Waals surface area contributed by atoms with Crippen molar-refractivity contribution < 1.29 is 14.3 Å². The molecule has 34 heavy (non-hydrogen) atoms. The Labute approximate surface area is 201 Å². The average molecular weight is 460 g/mol. The molecule has 1 heterocycles. The number of nitrogens with zero attached hydrogens (tertiary/aromatic N) is 1. The maximum atomic E-state index is 13.1. The molecule has 2 unspecified atom stereocenters. The molecule has 2 aromatic rings. The molecule has 4 aliphatic carbocycles. The molecule has 4 bridgehead atoms. The van der Waals surface area contributed by atoms with E-state index in [-0.39, 0.29) is 17.5 Å². The molecule has 2 N–H and O–H groups in total. The maximum Gasteiger partial charge on any atom is 0.407 e. The first kappa shape index (κ1) is 21.7. The van der Waals surface area contributed by atoms with Gasteiger partial charge in [-0.05, 0) is 60.6 Å². The van der Waals surface area contributed by atoms with Crippen LogP contribution >= 0.6 is 0 Å². The van der Waals surface area contributed by atoms with Crippen LogP contribution < -0.4 is 10.6 Å². The lowest BCUT2D eigenvalue weighted by molar-refractivity contribution is -0.148. The summed E-state index contributed by atoms with van der Waals surface area (Å²) in [5, 5.41) is 6.62. The summed E-state index contributed by atoms with van der Waals surface area (Å²) in [5.74, 6) is 1.27. The summed E-state index contributed by atoms with van der Waals surface area (Å²) in [7, 11) is 0. The van der Waals surface area contributed by atoms with Gasteiger partial charge in [0.1, 0.15) is 5.60 Å². The van der Waals surface area contributed by atoms with Crippen molar-refractivity contribution in [3.8, 4) is 0 Å². The summed E-state index contributed by atoms with van der Waals surface area (Å²) in [6, 6.07) is 18.2. The predicted octanol–water partition coefficient (Wildman–Crippen LogP) is 4.14. The van der Waals surface area contributed by atoms with Gasteiger partial charge in [0.05, 0.1) is 6.54 Å². The number of fused-ring (bicyclic) bond motifs is 1. The molecule has 0 radical (unpaired) electrons. The summed E-state index contributed by atoms with van der Waals surface area (Å²) >= 11 is 0. The Morgan fingerprint density at radius 2 is 1.56 bits per heavy atom. The second-order valence-electron chi connectivity index (χ2n) is 11.0. The molecule has 2 amide bonds. The van der Waals surface area contributed by atoms with Crippen LogP contribution in [0.25, 0.3) is 0 Å². The van der Waals surface area contributed by atoms with Crippen LogP contribution in [0.3, 0.4) is 0 Å². The minimum Gasteiger partial charge on any atom is -0.443 e. The Morgan fingerprint density at radius 3 is 2.24 bits per heavy atom. The van der Waals surface area contributed by atoms with E-state index in [9.17, 15) is 9.59 Å². The predicted molar refractivity (Wildman–Crippen MR) is 129 cm³/mol. The third kappa shape index (κ3) is 4.20. The van der Waals surface area contributed by atoms with Gasteiger partial charge in [-0.25, -0.2) is 4.79 Å². The first-order valence-corrected chi connectivity index (χ1v) is 12.6. The number of rotatable bonds is 6. The summed E-state index contributed by atoms with van der Waals surface area (Å²) in [6.45, 7) is 2.22. The van der Waals surface area contributed by atoms with Gasteiger partial charge in [0.15, 0.2) is 0 Å². The highest BCUT2D eigenvalue weighted by Crippen LogP contribution is 2.58. The molecule has 178 valence electrons. The molecule has 2 atom stereocenters. The number of carbonyl (C=O) groups excluding carboxylic acids is 2. The number of hydrogen-bond acceptors (Lipinski definition) is 4. The van der Waals surface area contributed by atoms with Gasteiger partial charge in [0.25, 0.3) is 0 Å². The lowest BCUT2D eigenvalue weighted by Gasteiger charge is -2.61. The van der Waals surface area contributed by atoms with Gasteiger partial charge in [-0.15, -0.1) is 0 Å². The minimum absolute atomic E-state index is 0.105. The van der Waals surface area contributed by atoms with Crippen molar-refractivity contribution in [1.82, 2.24) is 15.5 Å². The lowest BCUT2D eigenvalue weighted by Crippen LogP contribution is -2.66. The Balaban J connectivity index is 1.08.